The van der Waals surface area contributed by atoms with Crippen LogP contribution in [0.15, 0.2) is 18.2 Å². The molecule has 2 aliphatic rings. The number of hydrogen-bond acceptors (Lipinski definition) is 5. The second-order valence-corrected chi connectivity index (χ2v) is 9.54. The Bertz CT molecular complexity index is 799. The molecule has 8 heteroatoms. The first kappa shape index (κ1) is 24.8. The van der Waals surface area contributed by atoms with Gasteiger partial charge in [0.15, 0.2) is 0 Å². The predicted octanol–water partition coefficient (Wildman–Crippen LogP) is 4.41. The quantitative estimate of drug-likeness (QED) is 0.546. The van der Waals surface area contributed by atoms with Gasteiger partial charge < -0.3 is 19.3 Å². The van der Waals surface area contributed by atoms with Crippen molar-refractivity contribution in [2.24, 2.45) is 17.3 Å². The Hall–Kier alpha value is -1.82. The third kappa shape index (κ3) is 5.75. The summed E-state index contributed by atoms with van der Waals surface area (Å²) in [7, 11) is 1.63. The summed E-state index contributed by atoms with van der Waals surface area (Å²) < 4.78 is 51.5. The molecule has 1 atom stereocenters. The minimum Gasteiger partial charge on any atom is -0.382 e. The van der Waals surface area contributed by atoms with Crippen LogP contribution in [0, 0.1) is 28.6 Å². The Morgan fingerprint density at radius 3 is 2.53 bits per heavy atom. The number of benzene rings is 1. The summed E-state index contributed by atoms with van der Waals surface area (Å²) in [4.78, 5) is 4.55. The summed E-state index contributed by atoms with van der Waals surface area (Å²) in [5.74, 6) is 0.849. The smallest absolute Gasteiger partial charge is 0.382 e. The minimum absolute atomic E-state index is 0.0207. The molecule has 0 aromatic heterocycles. The average Bonchev–Trinajstić information content (AvgIpc) is 3.09. The maximum atomic E-state index is 13.5. The highest BCUT2D eigenvalue weighted by Crippen LogP contribution is 2.47. The Kier molecular flexibility index (Phi) is 8.07. The second-order valence-electron chi connectivity index (χ2n) is 9.54. The minimum atomic E-state index is -4.55. The van der Waals surface area contributed by atoms with Gasteiger partial charge in [-0.3, -0.25) is 0 Å². The van der Waals surface area contributed by atoms with Gasteiger partial charge in [-0.25, -0.2) is 0 Å². The molecule has 2 heterocycles. The fourth-order valence-electron chi connectivity index (χ4n) is 5.15. The highest BCUT2D eigenvalue weighted by molar-refractivity contribution is 5.56. The topological polar surface area (TPSA) is 48.7 Å². The van der Waals surface area contributed by atoms with E-state index in [4.69, 9.17) is 14.7 Å². The van der Waals surface area contributed by atoms with E-state index >= 15 is 0 Å². The normalized spacial score (nSPS) is 21.4. The van der Waals surface area contributed by atoms with E-state index in [2.05, 4.69) is 23.6 Å². The van der Waals surface area contributed by atoms with Crippen LogP contribution < -0.4 is 4.90 Å². The second kappa shape index (κ2) is 10.4. The molecule has 178 valence electrons. The fourth-order valence-corrected chi connectivity index (χ4v) is 5.15. The first-order valence-corrected chi connectivity index (χ1v) is 11.3. The van der Waals surface area contributed by atoms with Crippen molar-refractivity contribution >= 4 is 5.69 Å². The van der Waals surface area contributed by atoms with Crippen LogP contribution in [0.3, 0.4) is 0 Å². The SMILES string of the molecule is COCCOCC1CN(c2ccc(C#N)c(C(F)(F)F)c2)CC12CCN(CC(C)C)CC2. The van der Waals surface area contributed by atoms with Crippen molar-refractivity contribution in [3.05, 3.63) is 29.3 Å². The van der Waals surface area contributed by atoms with Crippen LogP contribution in [0.5, 0.6) is 0 Å². The molecule has 3 rings (SSSR count). The van der Waals surface area contributed by atoms with Gasteiger partial charge in [0, 0.05) is 38.3 Å². The van der Waals surface area contributed by atoms with E-state index in [1.54, 1.807) is 19.2 Å². The molecule has 1 aromatic carbocycles. The highest BCUT2D eigenvalue weighted by Gasteiger charge is 2.48. The molecule has 32 heavy (non-hydrogen) atoms. The highest BCUT2D eigenvalue weighted by atomic mass is 19.4. The molecule has 5 nitrogen and oxygen atoms in total. The van der Waals surface area contributed by atoms with E-state index in [9.17, 15) is 13.2 Å². The molecule has 0 amide bonds. The summed E-state index contributed by atoms with van der Waals surface area (Å²) >= 11 is 0. The summed E-state index contributed by atoms with van der Waals surface area (Å²) in [6.45, 7) is 10.5. The molecule has 2 saturated heterocycles. The van der Waals surface area contributed by atoms with E-state index < -0.39 is 11.7 Å². The lowest BCUT2D eigenvalue weighted by atomic mass is 9.71. The van der Waals surface area contributed by atoms with Crippen molar-refractivity contribution in [3.63, 3.8) is 0 Å². The largest absolute Gasteiger partial charge is 0.417 e. The number of nitriles is 1. The van der Waals surface area contributed by atoms with Crippen molar-refractivity contribution in [2.45, 2.75) is 32.9 Å². The Morgan fingerprint density at radius 1 is 1.22 bits per heavy atom. The molecule has 1 spiro atoms. The third-order valence-corrected chi connectivity index (χ3v) is 6.83. The van der Waals surface area contributed by atoms with Crippen LogP contribution in [-0.4, -0.2) is 64.6 Å². The summed E-state index contributed by atoms with van der Waals surface area (Å²) in [5, 5.41) is 9.11. The molecular weight excluding hydrogens is 419 g/mol. The van der Waals surface area contributed by atoms with Crippen LogP contribution >= 0.6 is 0 Å². The van der Waals surface area contributed by atoms with Gasteiger partial charge in [-0.2, -0.15) is 18.4 Å². The molecule has 2 aliphatic heterocycles. The Balaban J connectivity index is 1.80. The monoisotopic (exact) mass is 453 g/mol. The van der Waals surface area contributed by atoms with Crippen LogP contribution in [0.2, 0.25) is 0 Å². The summed E-state index contributed by atoms with van der Waals surface area (Å²) in [5.41, 5.74) is -0.651. The molecule has 1 unspecified atom stereocenters. The molecule has 0 bridgehead atoms. The first-order chi connectivity index (χ1) is 15.2. The van der Waals surface area contributed by atoms with Gasteiger partial charge in [0.1, 0.15) is 0 Å². The lowest BCUT2D eigenvalue weighted by Gasteiger charge is -2.43. The third-order valence-electron chi connectivity index (χ3n) is 6.83. The van der Waals surface area contributed by atoms with Crippen molar-refractivity contribution in [3.8, 4) is 6.07 Å². The van der Waals surface area contributed by atoms with Crippen molar-refractivity contribution in [1.29, 1.82) is 5.26 Å². The van der Waals surface area contributed by atoms with Crippen molar-refractivity contribution in [2.75, 3.05) is 64.6 Å². The van der Waals surface area contributed by atoms with Crippen LogP contribution in [0.25, 0.3) is 0 Å². The number of halogens is 3. The molecule has 0 aliphatic carbocycles. The van der Waals surface area contributed by atoms with E-state index in [1.807, 2.05) is 0 Å². The van der Waals surface area contributed by atoms with E-state index in [-0.39, 0.29) is 16.9 Å². The summed E-state index contributed by atoms with van der Waals surface area (Å²) in [6, 6.07) is 5.74. The molecule has 0 saturated carbocycles. The maximum absolute atomic E-state index is 13.5. The zero-order valence-corrected chi connectivity index (χ0v) is 19.2. The van der Waals surface area contributed by atoms with Gasteiger partial charge in [0.25, 0.3) is 0 Å². The van der Waals surface area contributed by atoms with Gasteiger partial charge in [-0.05, 0) is 55.5 Å². The van der Waals surface area contributed by atoms with E-state index in [0.29, 0.717) is 44.5 Å². The molecule has 2 fully saturated rings. The van der Waals surface area contributed by atoms with Crippen molar-refractivity contribution in [1.82, 2.24) is 4.90 Å². The average molecular weight is 454 g/mol. The molecule has 0 N–H and O–H groups in total. The number of hydrogen-bond donors (Lipinski definition) is 0. The first-order valence-electron chi connectivity index (χ1n) is 11.3. The van der Waals surface area contributed by atoms with Gasteiger partial charge in [-0.15, -0.1) is 0 Å². The lowest BCUT2D eigenvalue weighted by Crippen LogP contribution is -2.46. The number of nitrogens with zero attached hydrogens (tertiary/aromatic N) is 3. The zero-order chi connectivity index (χ0) is 23.4. The molecule has 1 aromatic rings. The number of anilines is 1. The van der Waals surface area contributed by atoms with Crippen LogP contribution in [0.4, 0.5) is 18.9 Å². The van der Waals surface area contributed by atoms with Crippen LogP contribution in [0.1, 0.15) is 37.8 Å². The van der Waals surface area contributed by atoms with Gasteiger partial charge in [-0.1, -0.05) is 13.8 Å². The van der Waals surface area contributed by atoms with Crippen LogP contribution in [-0.2, 0) is 15.7 Å². The standard InChI is InChI=1S/C24H34F3N3O2/c1-18(2)14-29-8-6-23(7-9-29)17-30(15-20(23)16-32-11-10-31-3)21-5-4-19(13-28)22(12-21)24(25,26)27/h4-5,12,18,20H,6-11,14-17H2,1-3H3. The van der Waals surface area contributed by atoms with Gasteiger partial charge >= 0.3 is 6.18 Å². The number of methoxy groups -OCH3 is 1. The number of rotatable bonds is 8. The number of piperidine rings is 1. The van der Waals surface area contributed by atoms with E-state index in [0.717, 1.165) is 38.5 Å². The Labute approximate surface area is 189 Å². The fraction of sp³-hybridized carbons (Fsp3) is 0.708. The maximum Gasteiger partial charge on any atom is 0.417 e. The summed E-state index contributed by atoms with van der Waals surface area (Å²) in [6.07, 6.45) is -2.53. The Morgan fingerprint density at radius 2 is 1.94 bits per heavy atom. The van der Waals surface area contributed by atoms with Gasteiger partial charge in [0.05, 0.1) is 37.0 Å². The number of ether oxygens (including phenoxy) is 2. The van der Waals surface area contributed by atoms with E-state index in [1.165, 1.54) is 6.07 Å². The zero-order valence-electron chi connectivity index (χ0n) is 19.2. The predicted molar refractivity (Wildman–Crippen MR) is 118 cm³/mol. The van der Waals surface area contributed by atoms with Crippen molar-refractivity contribution < 1.29 is 22.6 Å². The molecule has 0 radical (unpaired) electrons. The number of alkyl halides is 3. The number of likely N-dealkylation sites (tertiary alicyclic amines) is 1. The van der Waals surface area contributed by atoms with Gasteiger partial charge in [0.2, 0.25) is 0 Å². The molecular formula is C24H34F3N3O2. The lowest BCUT2D eigenvalue weighted by molar-refractivity contribution is -0.137.